The van der Waals surface area contributed by atoms with Crippen LogP contribution in [0.2, 0.25) is 0 Å². The number of carbonyl (C=O) groups is 1. The van der Waals surface area contributed by atoms with Crippen molar-refractivity contribution in [2.45, 2.75) is 6.42 Å². The third kappa shape index (κ3) is 3.14. The smallest absolute Gasteiger partial charge is 0.227 e. The second kappa shape index (κ2) is 6.48. The zero-order valence-corrected chi connectivity index (χ0v) is 13.2. The van der Waals surface area contributed by atoms with E-state index in [9.17, 15) is 4.79 Å². The van der Waals surface area contributed by atoms with Crippen LogP contribution in [0.1, 0.15) is 6.42 Å². The molecule has 0 aliphatic carbocycles. The van der Waals surface area contributed by atoms with Crippen LogP contribution >= 0.6 is 0 Å². The van der Waals surface area contributed by atoms with Crippen molar-refractivity contribution in [3.63, 3.8) is 0 Å². The molecule has 1 aromatic heterocycles. The average Bonchev–Trinajstić information content (AvgIpc) is 3.05. The lowest BCUT2D eigenvalue weighted by molar-refractivity contribution is -0.138. The number of ether oxygens (including phenoxy) is 1. The highest BCUT2D eigenvalue weighted by atomic mass is 16.5. The lowest BCUT2D eigenvalue weighted by Gasteiger charge is -2.29. The summed E-state index contributed by atoms with van der Waals surface area (Å²) >= 11 is 0. The molecule has 3 rings (SSSR count). The summed E-state index contributed by atoms with van der Waals surface area (Å²) < 4.78 is 5.31. The maximum atomic E-state index is 12.5. The minimum Gasteiger partial charge on any atom is -0.378 e. The normalized spacial score (nSPS) is 22.0. The largest absolute Gasteiger partial charge is 0.378 e. The second-order valence-electron chi connectivity index (χ2n) is 5.98. The molecule has 0 saturated carbocycles. The number of hydrogen-bond acceptors (Lipinski definition) is 6. The first-order valence-electron chi connectivity index (χ1n) is 7.77. The van der Waals surface area contributed by atoms with Gasteiger partial charge in [-0.05, 0) is 12.5 Å². The molecule has 2 fully saturated rings. The molecule has 2 saturated heterocycles. The second-order valence-corrected chi connectivity index (χ2v) is 5.98. The Balaban J connectivity index is 1.64. The van der Waals surface area contributed by atoms with E-state index in [0.29, 0.717) is 38.8 Å². The molecule has 0 bridgehead atoms. The minimum atomic E-state index is 0.0460. The van der Waals surface area contributed by atoms with Crippen molar-refractivity contribution in [1.82, 2.24) is 14.9 Å². The lowest BCUT2D eigenvalue weighted by atomic mass is 10.1. The molecule has 1 atom stereocenters. The van der Waals surface area contributed by atoms with Crippen LogP contribution in [0.5, 0.6) is 0 Å². The predicted octanol–water partition coefficient (Wildman–Crippen LogP) is 0.228. The van der Waals surface area contributed by atoms with E-state index >= 15 is 0 Å². The van der Waals surface area contributed by atoms with Gasteiger partial charge in [-0.25, -0.2) is 4.98 Å². The van der Waals surface area contributed by atoms with Gasteiger partial charge in [0, 0.05) is 46.5 Å². The number of rotatable bonds is 3. The zero-order valence-electron chi connectivity index (χ0n) is 13.2. The number of aromatic nitrogens is 2. The Morgan fingerprint density at radius 1 is 1.32 bits per heavy atom. The third-order valence-corrected chi connectivity index (χ3v) is 4.23. The van der Waals surface area contributed by atoms with Gasteiger partial charge < -0.3 is 19.4 Å². The van der Waals surface area contributed by atoms with Crippen molar-refractivity contribution in [2.24, 2.45) is 5.92 Å². The summed E-state index contributed by atoms with van der Waals surface area (Å²) in [6.07, 6.45) is 2.64. The maximum absolute atomic E-state index is 12.5. The first-order valence-corrected chi connectivity index (χ1v) is 7.77. The highest BCUT2D eigenvalue weighted by molar-refractivity contribution is 5.80. The summed E-state index contributed by atoms with van der Waals surface area (Å²) in [7, 11) is 3.92. The average molecular weight is 305 g/mol. The molecule has 0 radical (unpaired) electrons. The topological polar surface area (TPSA) is 61.8 Å². The van der Waals surface area contributed by atoms with Crippen LogP contribution in [-0.4, -0.2) is 74.3 Å². The van der Waals surface area contributed by atoms with E-state index in [1.807, 2.05) is 30.0 Å². The monoisotopic (exact) mass is 305 g/mol. The van der Waals surface area contributed by atoms with Crippen molar-refractivity contribution in [1.29, 1.82) is 0 Å². The number of amides is 1. The van der Waals surface area contributed by atoms with Gasteiger partial charge >= 0.3 is 0 Å². The quantitative estimate of drug-likeness (QED) is 0.796. The molecule has 1 unspecified atom stereocenters. The van der Waals surface area contributed by atoms with Crippen molar-refractivity contribution < 1.29 is 9.53 Å². The van der Waals surface area contributed by atoms with E-state index in [1.54, 1.807) is 6.20 Å². The van der Waals surface area contributed by atoms with Crippen LogP contribution in [-0.2, 0) is 9.53 Å². The van der Waals surface area contributed by atoms with Gasteiger partial charge in [0.1, 0.15) is 5.82 Å². The van der Waals surface area contributed by atoms with Gasteiger partial charge in [-0.2, -0.15) is 4.98 Å². The molecule has 2 aliphatic rings. The Labute approximate surface area is 130 Å². The minimum absolute atomic E-state index is 0.0460. The SMILES string of the molecule is CN(C)c1ccnc(N2CCC(C(=O)N3CCOCC3)C2)n1. The molecule has 22 heavy (non-hydrogen) atoms. The molecule has 3 heterocycles. The molecular weight excluding hydrogens is 282 g/mol. The summed E-state index contributed by atoms with van der Waals surface area (Å²) in [5.74, 6) is 1.88. The molecule has 120 valence electrons. The van der Waals surface area contributed by atoms with Gasteiger partial charge in [0.25, 0.3) is 0 Å². The van der Waals surface area contributed by atoms with Crippen LogP contribution in [0.3, 0.4) is 0 Å². The van der Waals surface area contributed by atoms with Crippen LogP contribution in [0, 0.1) is 5.92 Å². The van der Waals surface area contributed by atoms with E-state index in [4.69, 9.17) is 4.74 Å². The van der Waals surface area contributed by atoms with Crippen molar-refractivity contribution in [3.8, 4) is 0 Å². The van der Waals surface area contributed by atoms with Crippen LogP contribution < -0.4 is 9.80 Å². The van der Waals surface area contributed by atoms with Gasteiger partial charge in [-0.1, -0.05) is 0 Å². The summed E-state index contributed by atoms with van der Waals surface area (Å²) in [5.41, 5.74) is 0. The first-order chi connectivity index (χ1) is 10.6. The van der Waals surface area contributed by atoms with Gasteiger partial charge in [-0.15, -0.1) is 0 Å². The van der Waals surface area contributed by atoms with Gasteiger partial charge in [-0.3, -0.25) is 4.79 Å². The van der Waals surface area contributed by atoms with E-state index in [2.05, 4.69) is 14.9 Å². The van der Waals surface area contributed by atoms with E-state index < -0.39 is 0 Å². The molecular formula is C15H23N5O2. The molecule has 1 aromatic rings. The lowest BCUT2D eigenvalue weighted by Crippen LogP contribution is -2.44. The third-order valence-electron chi connectivity index (χ3n) is 4.23. The van der Waals surface area contributed by atoms with Gasteiger partial charge in [0.05, 0.1) is 19.1 Å². The number of hydrogen-bond donors (Lipinski definition) is 0. The number of carbonyl (C=O) groups excluding carboxylic acids is 1. The Bertz CT molecular complexity index is 530. The molecule has 0 spiro atoms. The fourth-order valence-corrected chi connectivity index (χ4v) is 2.93. The highest BCUT2D eigenvalue weighted by Gasteiger charge is 2.33. The fraction of sp³-hybridized carbons (Fsp3) is 0.667. The highest BCUT2D eigenvalue weighted by Crippen LogP contribution is 2.23. The predicted molar refractivity (Wildman–Crippen MR) is 84.1 cm³/mol. The van der Waals surface area contributed by atoms with Gasteiger partial charge in [0.2, 0.25) is 11.9 Å². The molecule has 2 aliphatic heterocycles. The standard InChI is InChI=1S/C15H23N5O2/c1-18(2)13-3-5-16-15(17-13)20-6-4-12(11-20)14(21)19-7-9-22-10-8-19/h3,5,12H,4,6-11H2,1-2H3. The summed E-state index contributed by atoms with van der Waals surface area (Å²) in [6, 6.07) is 1.88. The molecule has 1 amide bonds. The Hall–Kier alpha value is -1.89. The van der Waals surface area contributed by atoms with E-state index in [0.717, 1.165) is 18.8 Å². The Kier molecular flexibility index (Phi) is 4.42. The Morgan fingerprint density at radius 2 is 2.09 bits per heavy atom. The molecule has 7 heteroatoms. The van der Waals surface area contributed by atoms with E-state index in [1.165, 1.54) is 0 Å². The summed E-state index contributed by atoms with van der Waals surface area (Å²) in [6.45, 7) is 4.25. The van der Waals surface area contributed by atoms with Gasteiger partial charge in [0.15, 0.2) is 0 Å². The summed E-state index contributed by atoms with van der Waals surface area (Å²) in [4.78, 5) is 27.4. The van der Waals surface area contributed by atoms with Crippen LogP contribution in [0.4, 0.5) is 11.8 Å². The summed E-state index contributed by atoms with van der Waals surface area (Å²) in [5, 5.41) is 0. The maximum Gasteiger partial charge on any atom is 0.227 e. The van der Waals surface area contributed by atoms with Crippen molar-refractivity contribution in [2.75, 3.05) is 63.3 Å². The molecule has 0 aromatic carbocycles. The number of nitrogens with zero attached hydrogens (tertiary/aromatic N) is 5. The number of morpholine rings is 1. The molecule has 0 N–H and O–H groups in total. The van der Waals surface area contributed by atoms with Crippen LogP contribution in [0.25, 0.3) is 0 Å². The fourth-order valence-electron chi connectivity index (χ4n) is 2.93. The first kappa shape index (κ1) is 15.0. The Morgan fingerprint density at radius 3 is 2.82 bits per heavy atom. The zero-order chi connectivity index (χ0) is 15.5. The van der Waals surface area contributed by atoms with Crippen molar-refractivity contribution in [3.05, 3.63) is 12.3 Å². The van der Waals surface area contributed by atoms with Crippen LogP contribution in [0.15, 0.2) is 12.3 Å². The number of anilines is 2. The molecule has 7 nitrogen and oxygen atoms in total. The van der Waals surface area contributed by atoms with E-state index in [-0.39, 0.29) is 11.8 Å². The van der Waals surface area contributed by atoms with Crippen molar-refractivity contribution >= 4 is 17.7 Å².